The number of rotatable bonds is 12. The van der Waals surface area contributed by atoms with Crippen LogP contribution >= 0.6 is 0 Å². The fourth-order valence-electron chi connectivity index (χ4n) is 5.79. The minimum absolute atomic E-state index is 0.0650. The fraction of sp³-hybridized carbons (Fsp3) is 0.714. The van der Waals surface area contributed by atoms with Crippen LogP contribution in [0.2, 0.25) is 0 Å². The van der Waals surface area contributed by atoms with Gasteiger partial charge in [0, 0.05) is 38.9 Å². The van der Waals surface area contributed by atoms with Gasteiger partial charge in [0.2, 0.25) is 5.91 Å². The van der Waals surface area contributed by atoms with Crippen molar-refractivity contribution in [2.75, 3.05) is 33.7 Å². The Balaban J connectivity index is 1.64. The van der Waals surface area contributed by atoms with Crippen molar-refractivity contribution in [3.63, 3.8) is 0 Å². The van der Waals surface area contributed by atoms with Crippen molar-refractivity contribution in [3.05, 3.63) is 44.9 Å². The molecule has 4 rings (SSSR count). The molecule has 45 heavy (non-hydrogen) atoms. The fourth-order valence-corrected chi connectivity index (χ4v) is 5.79. The molecule has 17 heteroatoms. The minimum Gasteiger partial charge on any atom is -0.387 e. The lowest BCUT2D eigenvalue weighted by atomic mass is 9.97. The molecule has 2 amide bonds. The number of aliphatic hydroxyl groups is 4. The smallest absolute Gasteiger partial charge is 0.330 e. The Bertz CT molecular complexity index is 1340. The van der Waals surface area contributed by atoms with Crippen LogP contribution in [0.3, 0.4) is 0 Å². The van der Waals surface area contributed by atoms with Crippen LogP contribution in [0.25, 0.3) is 0 Å². The first-order valence-electron chi connectivity index (χ1n) is 15.1. The van der Waals surface area contributed by atoms with Gasteiger partial charge in [-0.25, -0.2) is 4.79 Å². The molecule has 0 radical (unpaired) electrons. The maximum atomic E-state index is 14.1. The van der Waals surface area contributed by atoms with E-state index in [1.807, 2.05) is 4.98 Å². The standard InChI is InChI=1S/C28H44N6O11/c1-4-5-6-7-10-30-24(40)14-8-11-32(2)17(25(41)33(14)3)22(45-27-21(39)18(36)15(13-29)43-27)23-19(37)20(38)26(44-23)34-12-9-16(35)31-28(34)42/h8-9,12,15,17-23,26-27,36-39H,4-7,10-11,13,29H2,1-3H3,(H,30,40)(H,31,35,42)/t15?,17-,18?,19?,20?,21?,22-,23?,26?,27?/m0/s1. The van der Waals surface area contributed by atoms with E-state index in [1.165, 1.54) is 11.9 Å². The van der Waals surface area contributed by atoms with Crippen molar-refractivity contribution in [2.45, 2.75) is 93.9 Å². The van der Waals surface area contributed by atoms with Crippen LogP contribution in [0.5, 0.6) is 0 Å². The topological polar surface area (TPSA) is 242 Å². The van der Waals surface area contributed by atoms with Crippen LogP contribution in [0, 0.1) is 0 Å². The molecule has 17 nitrogen and oxygen atoms in total. The maximum Gasteiger partial charge on any atom is 0.330 e. The van der Waals surface area contributed by atoms with Crippen molar-refractivity contribution in [2.24, 2.45) is 5.73 Å². The molecule has 0 saturated carbocycles. The van der Waals surface area contributed by atoms with E-state index in [9.17, 15) is 39.6 Å². The van der Waals surface area contributed by atoms with Crippen LogP contribution in [0.15, 0.2) is 33.6 Å². The van der Waals surface area contributed by atoms with E-state index in [2.05, 4.69) is 12.2 Å². The molecule has 2 saturated heterocycles. The number of nitrogens with one attached hydrogen (secondary N) is 2. The molecule has 0 aromatic carbocycles. The number of ether oxygens (including phenoxy) is 3. The number of nitrogens with two attached hydrogens (primary N) is 1. The van der Waals surface area contributed by atoms with Crippen LogP contribution in [0.4, 0.5) is 0 Å². The second-order valence-electron chi connectivity index (χ2n) is 11.5. The van der Waals surface area contributed by atoms with E-state index in [0.29, 0.717) is 6.54 Å². The second-order valence-corrected chi connectivity index (χ2v) is 11.5. The van der Waals surface area contributed by atoms with Crippen molar-refractivity contribution < 1.29 is 44.2 Å². The average molecular weight is 641 g/mol. The first kappa shape index (κ1) is 34.9. The number of aromatic amines is 1. The SMILES string of the molecule is CCCCCCNC(=O)C1=CCN(C)[C@@H]([C@H](OC2OC(CN)C(O)C2O)C2OC(n3ccc(=O)[nH]c3=O)C(O)C2O)C(=O)N1C. The van der Waals surface area contributed by atoms with Gasteiger partial charge in [-0.3, -0.25) is 28.8 Å². The number of unbranched alkanes of at least 4 members (excludes halogenated alkanes) is 3. The predicted molar refractivity (Wildman–Crippen MR) is 156 cm³/mol. The molecule has 10 atom stereocenters. The van der Waals surface area contributed by atoms with E-state index in [-0.39, 0.29) is 18.8 Å². The third-order valence-electron chi connectivity index (χ3n) is 8.42. The van der Waals surface area contributed by atoms with Gasteiger partial charge in [-0.1, -0.05) is 26.2 Å². The monoisotopic (exact) mass is 640 g/mol. The third-order valence-corrected chi connectivity index (χ3v) is 8.42. The van der Waals surface area contributed by atoms with Gasteiger partial charge in [-0.2, -0.15) is 0 Å². The zero-order chi connectivity index (χ0) is 33.0. The molecule has 8 N–H and O–H groups in total. The van der Waals surface area contributed by atoms with Gasteiger partial charge in [-0.15, -0.1) is 0 Å². The second kappa shape index (κ2) is 15.1. The van der Waals surface area contributed by atoms with E-state index in [1.54, 1.807) is 13.1 Å². The first-order chi connectivity index (χ1) is 21.4. The number of aliphatic hydroxyl groups excluding tert-OH is 4. The Morgan fingerprint density at radius 3 is 2.47 bits per heavy atom. The molecule has 3 aliphatic heterocycles. The largest absolute Gasteiger partial charge is 0.387 e. The summed E-state index contributed by atoms with van der Waals surface area (Å²) in [5.41, 5.74) is 4.13. The molecule has 0 bridgehead atoms. The van der Waals surface area contributed by atoms with Crippen LogP contribution in [0.1, 0.15) is 38.8 Å². The van der Waals surface area contributed by atoms with Crippen LogP contribution in [-0.4, -0.2) is 140 Å². The number of hydrogen-bond acceptors (Lipinski definition) is 13. The minimum atomic E-state index is -1.75. The molecular formula is C28H44N6O11. The lowest BCUT2D eigenvalue weighted by Crippen LogP contribution is -2.59. The lowest BCUT2D eigenvalue weighted by molar-refractivity contribution is -0.232. The number of carbonyl (C=O) groups is 2. The third kappa shape index (κ3) is 7.37. The normalized spacial score (nSPS) is 33.2. The number of H-pyrrole nitrogens is 1. The number of amides is 2. The molecule has 8 unspecified atom stereocenters. The Hall–Kier alpha value is -3.00. The lowest BCUT2D eigenvalue weighted by Gasteiger charge is -2.38. The van der Waals surface area contributed by atoms with Crippen molar-refractivity contribution in [3.8, 4) is 0 Å². The summed E-state index contributed by atoms with van der Waals surface area (Å²) in [4.78, 5) is 56.0. The Morgan fingerprint density at radius 1 is 1.09 bits per heavy atom. The van der Waals surface area contributed by atoms with Crippen LogP contribution < -0.4 is 22.3 Å². The van der Waals surface area contributed by atoms with Gasteiger partial charge in [0.1, 0.15) is 54.5 Å². The zero-order valence-corrected chi connectivity index (χ0v) is 25.5. The number of hydrogen-bond donors (Lipinski definition) is 7. The zero-order valence-electron chi connectivity index (χ0n) is 25.5. The molecular weight excluding hydrogens is 596 g/mol. The van der Waals surface area contributed by atoms with Gasteiger partial charge >= 0.3 is 5.69 Å². The molecule has 252 valence electrons. The molecule has 0 aliphatic carbocycles. The van der Waals surface area contributed by atoms with Crippen molar-refractivity contribution in [1.29, 1.82) is 0 Å². The Labute approximate surface area is 259 Å². The van der Waals surface area contributed by atoms with E-state index >= 15 is 0 Å². The predicted octanol–water partition coefficient (Wildman–Crippen LogP) is -3.70. The van der Waals surface area contributed by atoms with Crippen molar-refractivity contribution in [1.82, 2.24) is 24.7 Å². The van der Waals surface area contributed by atoms with Gasteiger partial charge in [0.05, 0.1) is 0 Å². The van der Waals surface area contributed by atoms with Gasteiger partial charge in [-0.05, 0) is 19.5 Å². The highest BCUT2D eigenvalue weighted by Gasteiger charge is 2.55. The van der Waals surface area contributed by atoms with E-state index in [4.69, 9.17) is 19.9 Å². The molecule has 2 fully saturated rings. The quantitative estimate of drug-likeness (QED) is 0.109. The summed E-state index contributed by atoms with van der Waals surface area (Å²) in [5, 5.41) is 46.1. The summed E-state index contributed by atoms with van der Waals surface area (Å²) < 4.78 is 18.6. The summed E-state index contributed by atoms with van der Waals surface area (Å²) >= 11 is 0. The Kier molecular flexibility index (Phi) is 11.7. The molecule has 1 aromatic heterocycles. The highest BCUT2D eigenvalue weighted by Crippen LogP contribution is 2.36. The summed E-state index contributed by atoms with van der Waals surface area (Å²) in [5.74, 6) is -1.10. The average Bonchev–Trinajstić information content (AvgIpc) is 3.41. The first-order valence-corrected chi connectivity index (χ1v) is 15.1. The molecule has 1 aromatic rings. The highest BCUT2D eigenvalue weighted by atomic mass is 16.7. The highest BCUT2D eigenvalue weighted by molar-refractivity contribution is 5.99. The summed E-state index contributed by atoms with van der Waals surface area (Å²) in [7, 11) is 2.98. The molecule has 4 heterocycles. The van der Waals surface area contributed by atoms with Gasteiger partial charge in [0.15, 0.2) is 12.5 Å². The van der Waals surface area contributed by atoms with Crippen molar-refractivity contribution >= 4 is 11.8 Å². The summed E-state index contributed by atoms with van der Waals surface area (Å²) in [6, 6.07) is -0.272. The number of likely N-dealkylation sites (N-methyl/N-ethyl adjacent to an activating group) is 2. The summed E-state index contributed by atoms with van der Waals surface area (Å²) in [6.07, 6.45) is -7.11. The number of nitrogens with zero attached hydrogens (tertiary/aromatic N) is 3. The van der Waals surface area contributed by atoms with Crippen LogP contribution in [-0.2, 0) is 23.8 Å². The van der Waals surface area contributed by atoms with Gasteiger partial charge < -0.3 is 50.6 Å². The van der Waals surface area contributed by atoms with E-state index in [0.717, 1.165) is 47.4 Å². The molecule has 3 aliphatic rings. The van der Waals surface area contributed by atoms with E-state index < -0.39 is 84.4 Å². The molecule has 0 spiro atoms. The summed E-state index contributed by atoms with van der Waals surface area (Å²) in [6.45, 7) is 2.41. The Morgan fingerprint density at radius 2 is 1.82 bits per heavy atom. The maximum absolute atomic E-state index is 14.1. The van der Waals surface area contributed by atoms with Gasteiger partial charge in [0.25, 0.3) is 11.5 Å². The number of aromatic nitrogens is 2. The number of carbonyl (C=O) groups excluding carboxylic acids is 2.